The molecule has 2 aliphatic rings. The molecule has 0 aliphatic carbocycles. The minimum atomic E-state index is -0.0318. The van der Waals surface area contributed by atoms with Gasteiger partial charge in [-0.3, -0.25) is 4.90 Å². The summed E-state index contributed by atoms with van der Waals surface area (Å²) >= 11 is 0. The molecule has 0 spiro atoms. The number of hydrogen-bond donors (Lipinski definition) is 1. The van der Waals surface area contributed by atoms with Crippen molar-refractivity contribution in [2.75, 3.05) is 65.9 Å². The monoisotopic (exact) mass is 496 g/mol. The topological polar surface area (TPSA) is 52.2 Å². The lowest BCUT2D eigenvalue weighted by atomic mass is 9.59. The molecule has 5 atom stereocenters. The quantitative estimate of drug-likeness (QED) is 0.391. The van der Waals surface area contributed by atoms with Gasteiger partial charge in [-0.25, -0.2) is 0 Å². The maximum absolute atomic E-state index is 6.26. The van der Waals surface area contributed by atoms with Crippen LogP contribution in [0.5, 0.6) is 0 Å². The maximum atomic E-state index is 6.26. The average molecular weight is 497 g/mol. The standard InChI is InChI=1S/C30H44N2O4/c1-4-33-15-16-34-17-18-35-19-20-36-24-30-21-29(3,27-13-9-6-10-14-27)28(26-11-7-5-8-12-26)32(23-30)25(2)31-22-30/h5-14,25,28,31H,4,15-24H2,1-3H3. The van der Waals surface area contributed by atoms with Crippen molar-refractivity contribution in [1.29, 1.82) is 0 Å². The molecular weight excluding hydrogens is 452 g/mol. The molecule has 36 heavy (non-hydrogen) atoms. The summed E-state index contributed by atoms with van der Waals surface area (Å²) < 4.78 is 22.8. The number of rotatable bonds is 14. The van der Waals surface area contributed by atoms with Gasteiger partial charge in [-0.1, -0.05) is 67.6 Å². The molecule has 2 saturated heterocycles. The molecule has 0 saturated carbocycles. The van der Waals surface area contributed by atoms with Crippen molar-refractivity contribution in [3.63, 3.8) is 0 Å². The average Bonchev–Trinajstić information content (AvgIpc) is 2.90. The van der Waals surface area contributed by atoms with Crippen LogP contribution >= 0.6 is 0 Å². The molecule has 5 unspecified atom stereocenters. The first-order valence-corrected chi connectivity index (χ1v) is 13.5. The van der Waals surface area contributed by atoms with Gasteiger partial charge in [0.2, 0.25) is 0 Å². The summed E-state index contributed by atoms with van der Waals surface area (Å²) in [6.07, 6.45) is 1.37. The van der Waals surface area contributed by atoms with Gasteiger partial charge in [-0.05, 0) is 31.4 Å². The Morgan fingerprint density at radius 2 is 1.42 bits per heavy atom. The Balaban J connectivity index is 1.39. The fourth-order valence-electron chi connectivity index (χ4n) is 6.15. The normalized spacial score (nSPS) is 29.8. The SMILES string of the molecule is CCOCCOCCOCCOCC12CNC(C)N(C1)C(c1ccccc1)C(C)(c1ccccc1)C2. The predicted octanol–water partition coefficient (Wildman–Crippen LogP) is 4.41. The fraction of sp³-hybridized carbons (Fsp3) is 0.600. The molecule has 2 aromatic carbocycles. The zero-order valence-corrected chi connectivity index (χ0v) is 22.3. The number of nitrogens with one attached hydrogen (secondary N) is 1. The highest BCUT2D eigenvalue weighted by atomic mass is 16.6. The Morgan fingerprint density at radius 3 is 2.06 bits per heavy atom. The third kappa shape index (κ3) is 6.55. The summed E-state index contributed by atoms with van der Waals surface area (Å²) in [5.41, 5.74) is 2.79. The van der Waals surface area contributed by atoms with E-state index in [-0.39, 0.29) is 10.8 Å². The van der Waals surface area contributed by atoms with Crippen molar-refractivity contribution in [3.05, 3.63) is 71.8 Å². The molecule has 0 amide bonds. The highest BCUT2D eigenvalue weighted by Crippen LogP contribution is 2.54. The van der Waals surface area contributed by atoms with Crippen LogP contribution in [0.15, 0.2) is 60.7 Å². The summed E-state index contributed by atoms with van der Waals surface area (Å²) in [4.78, 5) is 2.66. The van der Waals surface area contributed by atoms with Crippen LogP contribution in [0.1, 0.15) is 44.4 Å². The molecule has 1 N–H and O–H groups in total. The molecule has 2 fully saturated rings. The van der Waals surface area contributed by atoms with E-state index in [2.05, 4.69) is 84.7 Å². The van der Waals surface area contributed by atoms with Crippen LogP contribution in [0.3, 0.4) is 0 Å². The van der Waals surface area contributed by atoms with Crippen molar-refractivity contribution in [3.8, 4) is 0 Å². The molecule has 2 heterocycles. The Bertz CT molecular complexity index is 898. The second kappa shape index (κ2) is 13.1. The summed E-state index contributed by atoms with van der Waals surface area (Å²) in [6, 6.07) is 22.4. The molecule has 6 heteroatoms. The minimum absolute atomic E-state index is 0.0318. The van der Waals surface area contributed by atoms with Crippen molar-refractivity contribution in [1.82, 2.24) is 10.2 Å². The van der Waals surface area contributed by atoms with Gasteiger partial charge in [-0.15, -0.1) is 0 Å². The number of benzene rings is 2. The third-order valence-electron chi connectivity index (χ3n) is 7.74. The fourth-order valence-corrected chi connectivity index (χ4v) is 6.15. The van der Waals surface area contributed by atoms with Crippen LogP contribution in [0.2, 0.25) is 0 Å². The van der Waals surface area contributed by atoms with Gasteiger partial charge in [0.05, 0.1) is 52.4 Å². The molecule has 2 aromatic rings. The smallest absolute Gasteiger partial charge is 0.0701 e. The van der Waals surface area contributed by atoms with E-state index in [4.69, 9.17) is 18.9 Å². The van der Waals surface area contributed by atoms with Crippen LogP contribution in [-0.2, 0) is 24.4 Å². The van der Waals surface area contributed by atoms with E-state index in [1.165, 1.54) is 11.1 Å². The highest BCUT2D eigenvalue weighted by molar-refractivity contribution is 5.35. The van der Waals surface area contributed by atoms with Crippen molar-refractivity contribution in [2.45, 2.75) is 44.8 Å². The van der Waals surface area contributed by atoms with Crippen LogP contribution < -0.4 is 5.32 Å². The first-order valence-electron chi connectivity index (χ1n) is 13.5. The number of ether oxygens (including phenoxy) is 4. The van der Waals surface area contributed by atoms with Gasteiger partial charge in [0.15, 0.2) is 0 Å². The van der Waals surface area contributed by atoms with Crippen LogP contribution in [0, 0.1) is 5.41 Å². The van der Waals surface area contributed by atoms with Gasteiger partial charge in [-0.2, -0.15) is 0 Å². The van der Waals surface area contributed by atoms with E-state index in [1.807, 2.05) is 6.92 Å². The van der Waals surface area contributed by atoms with E-state index in [0.717, 1.165) is 32.7 Å². The van der Waals surface area contributed by atoms with Gasteiger partial charge in [0.25, 0.3) is 0 Å². The van der Waals surface area contributed by atoms with Crippen molar-refractivity contribution < 1.29 is 18.9 Å². The number of piperidine rings is 1. The number of nitrogens with zero attached hydrogens (tertiary/aromatic N) is 1. The van der Waals surface area contributed by atoms with E-state index < -0.39 is 0 Å². The Morgan fingerprint density at radius 1 is 0.833 bits per heavy atom. The van der Waals surface area contributed by atoms with Crippen LogP contribution in [0.25, 0.3) is 0 Å². The van der Waals surface area contributed by atoms with Gasteiger partial charge in [0, 0.05) is 36.6 Å². The lowest BCUT2D eigenvalue weighted by Gasteiger charge is -2.61. The minimum Gasteiger partial charge on any atom is -0.379 e. The first-order chi connectivity index (χ1) is 17.6. The largest absolute Gasteiger partial charge is 0.379 e. The molecule has 4 rings (SSSR count). The summed E-state index contributed by atoms with van der Waals surface area (Å²) in [5.74, 6) is 0. The predicted molar refractivity (Wildman–Crippen MR) is 143 cm³/mol. The number of fused-ring (bicyclic) bond motifs is 2. The summed E-state index contributed by atoms with van der Waals surface area (Å²) in [6.45, 7) is 13.8. The van der Waals surface area contributed by atoms with Gasteiger partial charge < -0.3 is 24.3 Å². The van der Waals surface area contributed by atoms with E-state index in [9.17, 15) is 0 Å². The zero-order chi connectivity index (χ0) is 25.3. The maximum Gasteiger partial charge on any atom is 0.0701 e. The van der Waals surface area contributed by atoms with Crippen LogP contribution in [0.4, 0.5) is 0 Å². The van der Waals surface area contributed by atoms with E-state index in [0.29, 0.717) is 51.8 Å². The van der Waals surface area contributed by atoms with Crippen LogP contribution in [-0.4, -0.2) is 77.0 Å². The van der Waals surface area contributed by atoms with Gasteiger partial charge in [0.1, 0.15) is 0 Å². The Labute approximate surface area is 217 Å². The molecule has 2 aliphatic heterocycles. The van der Waals surface area contributed by atoms with E-state index in [1.54, 1.807) is 0 Å². The Kier molecular flexibility index (Phi) is 9.94. The molecule has 0 aromatic heterocycles. The zero-order valence-electron chi connectivity index (χ0n) is 22.3. The molecule has 198 valence electrons. The molecule has 6 nitrogen and oxygen atoms in total. The highest BCUT2D eigenvalue weighted by Gasteiger charge is 2.55. The summed E-state index contributed by atoms with van der Waals surface area (Å²) in [5, 5.41) is 3.79. The first kappa shape index (κ1) is 27.2. The van der Waals surface area contributed by atoms with Gasteiger partial charge >= 0.3 is 0 Å². The van der Waals surface area contributed by atoms with Crippen molar-refractivity contribution in [2.24, 2.45) is 5.41 Å². The molecule has 0 radical (unpaired) electrons. The van der Waals surface area contributed by atoms with E-state index >= 15 is 0 Å². The lowest BCUT2D eigenvalue weighted by molar-refractivity contribution is -0.115. The number of hydrogen-bond acceptors (Lipinski definition) is 6. The summed E-state index contributed by atoms with van der Waals surface area (Å²) in [7, 11) is 0. The second-order valence-corrected chi connectivity index (χ2v) is 10.5. The lowest BCUT2D eigenvalue weighted by Crippen LogP contribution is -2.68. The Hall–Kier alpha value is -1.80. The third-order valence-corrected chi connectivity index (χ3v) is 7.74. The molecular formula is C30H44N2O4. The van der Waals surface area contributed by atoms with Crippen molar-refractivity contribution >= 4 is 0 Å². The molecule has 2 bridgehead atoms. The second-order valence-electron chi connectivity index (χ2n) is 10.5.